The van der Waals surface area contributed by atoms with E-state index < -0.39 is 0 Å². The minimum absolute atomic E-state index is 0.00287. The molecule has 0 bridgehead atoms. The fraction of sp³-hybridized carbons (Fsp3) is 0.417. The van der Waals surface area contributed by atoms with E-state index in [4.69, 9.17) is 23.2 Å². The van der Waals surface area contributed by atoms with Crippen LogP contribution in [0.3, 0.4) is 0 Å². The van der Waals surface area contributed by atoms with Crippen LogP contribution < -0.4 is 0 Å². The number of hydrogen-bond donors (Lipinski definition) is 0. The Hall–Kier alpha value is -0.0500. The first-order chi connectivity index (χ1) is 7.34. The van der Waals surface area contributed by atoms with Gasteiger partial charge < -0.3 is 0 Å². The minimum Gasteiger partial charge on any atom is -0.299 e. The molecule has 1 aromatic carbocycles. The number of rotatable bonds is 3. The molecular weight excluding hydrogens is 311 g/mol. The van der Waals surface area contributed by atoms with Crippen LogP contribution in [-0.2, 0) is 4.79 Å². The van der Waals surface area contributed by atoms with Crippen LogP contribution in [0.5, 0.6) is 0 Å². The zero-order valence-corrected chi connectivity index (χ0v) is 12.4. The molecule has 1 rings (SSSR count). The molecule has 1 aromatic rings. The van der Waals surface area contributed by atoms with E-state index in [0.29, 0.717) is 10.0 Å². The molecular formula is C12H13BrCl2O. The van der Waals surface area contributed by atoms with Crippen molar-refractivity contribution in [2.24, 2.45) is 0 Å². The molecule has 1 nitrogen and oxygen atoms in total. The predicted octanol–water partition coefficient (Wildman–Crippen LogP) is 4.76. The van der Waals surface area contributed by atoms with Gasteiger partial charge in [0.2, 0.25) is 0 Å². The average molecular weight is 324 g/mol. The summed E-state index contributed by atoms with van der Waals surface area (Å²) in [5.41, 5.74) is 1.84. The Morgan fingerprint density at radius 1 is 1.31 bits per heavy atom. The third-order valence-corrected chi connectivity index (χ3v) is 4.77. The van der Waals surface area contributed by atoms with Gasteiger partial charge in [-0.2, -0.15) is 0 Å². The van der Waals surface area contributed by atoms with Crippen molar-refractivity contribution >= 4 is 44.9 Å². The Bertz CT molecular complexity index is 418. The number of Topliss-reactive ketones (excluding diaryl/α,β-unsaturated/α-hetero) is 1. The van der Waals surface area contributed by atoms with E-state index in [1.54, 1.807) is 6.92 Å². The third-order valence-electron chi connectivity index (χ3n) is 2.60. The topological polar surface area (TPSA) is 17.1 Å². The first-order valence-electron chi connectivity index (χ1n) is 4.94. The molecule has 0 saturated heterocycles. The normalized spacial score (nSPS) is 14.6. The summed E-state index contributed by atoms with van der Waals surface area (Å²) >= 11 is 15.6. The monoisotopic (exact) mass is 322 g/mol. The van der Waals surface area contributed by atoms with Crippen molar-refractivity contribution in [3.8, 4) is 0 Å². The highest BCUT2D eigenvalue weighted by Gasteiger charge is 2.22. The highest BCUT2D eigenvalue weighted by molar-refractivity contribution is 9.10. The number of alkyl halides is 1. The van der Waals surface area contributed by atoms with Crippen LogP contribution in [0.15, 0.2) is 12.1 Å². The van der Waals surface area contributed by atoms with Crippen LogP contribution in [0.25, 0.3) is 0 Å². The molecule has 88 valence electrons. The second kappa shape index (κ2) is 5.52. The lowest BCUT2D eigenvalue weighted by Crippen LogP contribution is -2.17. The van der Waals surface area contributed by atoms with E-state index in [-0.39, 0.29) is 16.5 Å². The Kier molecular flexibility index (Phi) is 4.84. The molecule has 0 spiro atoms. The van der Waals surface area contributed by atoms with Gasteiger partial charge in [0.05, 0.1) is 4.83 Å². The van der Waals surface area contributed by atoms with Gasteiger partial charge in [-0.15, -0.1) is 0 Å². The molecule has 4 heteroatoms. The maximum absolute atomic E-state index is 11.3. The second-order valence-corrected chi connectivity index (χ2v) is 5.72. The number of benzene rings is 1. The van der Waals surface area contributed by atoms with Crippen molar-refractivity contribution in [2.75, 3.05) is 0 Å². The third kappa shape index (κ3) is 2.99. The Labute approximate surface area is 114 Å². The molecule has 0 amide bonds. The maximum atomic E-state index is 11.3. The van der Waals surface area contributed by atoms with Gasteiger partial charge in [-0.05, 0) is 37.1 Å². The molecule has 16 heavy (non-hydrogen) atoms. The van der Waals surface area contributed by atoms with E-state index in [0.717, 1.165) is 11.1 Å². The molecule has 2 atom stereocenters. The summed E-state index contributed by atoms with van der Waals surface area (Å²) in [5, 5.41) is 1.33. The highest BCUT2D eigenvalue weighted by atomic mass is 79.9. The molecule has 0 fully saturated rings. The van der Waals surface area contributed by atoms with E-state index in [9.17, 15) is 4.79 Å². The molecule has 0 saturated carbocycles. The van der Waals surface area contributed by atoms with Gasteiger partial charge in [-0.25, -0.2) is 0 Å². The zero-order valence-electron chi connectivity index (χ0n) is 9.35. The molecule has 2 unspecified atom stereocenters. The summed E-state index contributed by atoms with van der Waals surface area (Å²) in [6, 6.07) is 3.66. The largest absolute Gasteiger partial charge is 0.299 e. The quantitative estimate of drug-likeness (QED) is 0.733. The smallest absolute Gasteiger partial charge is 0.144 e. The van der Waals surface area contributed by atoms with Crippen LogP contribution in [0.2, 0.25) is 10.0 Å². The number of aryl methyl sites for hydroxylation is 1. The lowest BCUT2D eigenvalue weighted by Gasteiger charge is -2.18. The van der Waals surface area contributed by atoms with Gasteiger partial charge in [-0.3, -0.25) is 4.79 Å². The molecule has 0 aliphatic heterocycles. The SMILES string of the molecule is CC(=O)C(Br)C(C)c1cc(Cl)c(C)cc1Cl. The first-order valence-corrected chi connectivity index (χ1v) is 6.61. The average Bonchev–Trinajstić information content (AvgIpc) is 2.21. The van der Waals surface area contributed by atoms with Gasteiger partial charge in [-0.1, -0.05) is 46.1 Å². The molecule has 0 radical (unpaired) electrons. The number of halogens is 3. The fourth-order valence-corrected chi connectivity index (χ4v) is 2.37. The maximum Gasteiger partial charge on any atom is 0.144 e. The fourth-order valence-electron chi connectivity index (χ4n) is 1.52. The van der Waals surface area contributed by atoms with E-state index in [1.807, 2.05) is 26.0 Å². The van der Waals surface area contributed by atoms with Crippen molar-refractivity contribution in [1.82, 2.24) is 0 Å². The number of ketones is 1. The summed E-state index contributed by atoms with van der Waals surface area (Å²) in [5.74, 6) is 0.0864. The van der Waals surface area contributed by atoms with Crippen molar-refractivity contribution in [1.29, 1.82) is 0 Å². The number of carbonyl (C=O) groups excluding carboxylic acids is 1. The molecule has 0 aromatic heterocycles. The van der Waals surface area contributed by atoms with Gasteiger partial charge in [0, 0.05) is 16.0 Å². The lowest BCUT2D eigenvalue weighted by molar-refractivity contribution is -0.116. The van der Waals surface area contributed by atoms with Gasteiger partial charge in [0.1, 0.15) is 5.78 Å². The minimum atomic E-state index is -0.233. The first kappa shape index (κ1) is 14.0. The van der Waals surface area contributed by atoms with Gasteiger partial charge >= 0.3 is 0 Å². The van der Waals surface area contributed by atoms with Crippen molar-refractivity contribution in [3.05, 3.63) is 33.3 Å². The predicted molar refractivity (Wildman–Crippen MR) is 73.0 cm³/mol. The van der Waals surface area contributed by atoms with Gasteiger partial charge in [0.25, 0.3) is 0 Å². The molecule has 0 aliphatic carbocycles. The Morgan fingerprint density at radius 2 is 1.88 bits per heavy atom. The summed E-state index contributed by atoms with van der Waals surface area (Å²) in [7, 11) is 0. The van der Waals surface area contributed by atoms with Crippen molar-refractivity contribution < 1.29 is 4.79 Å². The molecule has 0 aliphatic rings. The number of hydrogen-bond acceptors (Lipinski definition) is 1. The van der Waals surface area contributed by atoms with Crippen molar-refractivity contribution in [3.63, 3.8) is 0 Å². The zero-order chi connectivity index (χ0) is 12.5. The second-order valence-electron chi connectivity index (χ2n) is 3.92. The highest BCUT2D eigenvalue weighted by Crippen LogP contribution is 2.34. The Balaban J connectivity index is 3.13. The lowest BCUT2D eigenvalue weighted by atomic mass is 9.95. The summed E-state index contributed by atoms with van der Waals surface area (Å²) in [6.45, 7) is 5.41. The van der Waals surface area contributed by atoms with Crippen LogP contribution >= 0.6 is 39.1 Å². The van der Waals surface area contributed by atoms with Crippen LogP contribution in [0, 0.1) is 6.92 Å². The van der Waals surface area contributed by atoms with E-state index in [2.05, 4.69) is 15.9 Å². The van der Waals surface area contributed by atoms with Crippen LogP contribution in [0.1, 0.15) is 30.9 Å². The molecule has 0 N–H and O–H groups in total. The Morgan fingerprint density at radius 3 is 2.38 bits per heavy atom. The summed E-state index contributed by atoms with van der Waals surface area (Å²) in [6.07, 6.45) is 0. The van der Waals surface area contributed by atoms with E-state index >= 15 is 0 Å². The van der Waals surface area contributed by atoms with Gasteiger partial charge in [0.15, 0.2) is 0 Å². The standard InChI is InChI=1S/C12H13BrCl2O/c1-6-4-11(15)9(5-10(6)14)7(2)12(13)8(3)16/h4-5,7,12H,1-3H3. The van der Waals surface area contributed by atoms with E-state index in [1.165, 1.54) is 0 Å². The summed E-state index contributed by atoms with van der Waals surface area (Å²) in [4.78, 5) is 11.1. The van der Waals surface area contributed by atoms with Crippen LogP contribution in [-0.4, -0.2) is 10.6 Å². The number of carbonyl (C=O) groups is 1. The summed E-state index contributed by atoms with van der Waals surface area (Å²) < 4.78 is 0. The van der Waals surface area contributed by atoms with Crippen LogP contribution in [0.4, 0.5) is 0 Å². The molecule has 0 heterocycles. The van der Waals surface area contributed by atoms with Crippen molar-refractivity contribution in [2.45, 2.75) is 31.5 Å².